The van der Waals surface area contributed by atoms with Gasteiger partial charge in [0, 0.05) is 11.1 Å². The van der Waals surface area contributed by atoms with Crippen LogP contribution in [-0.2, 0) is 6.42 Å². The number of carbonyl (C=O) groups excluding carboxylic acids is 2. The molecule has 0 spiro atoms. The summed E-state index contributed by atoms with van der Waals surface area (Å²) in [6, 6.07) is 34.5. The molecule has 152 valence electrons. The summed E-state index contributed by atoms with van der Waals surface area (Å²) in [5.74, 6) is -1.07. The molecule has 0 aliphatic carbocycles. The van der Waals surface area contributed by atoms with Gasteiger partial charge in [-0.05, 0) is 30.0 Å². The number of carbonyl (C=O) groups is 2. The molecule has 31 heavy (non-hydrogen) atoms. The van der Waals surface area contributed by atoms with Crippen LogP contribution in [0, 0.1) is 12.8 Å². The standard InChI is InChI=1S/C29H24O2/c1-21-17-18-25(26(19-21)22-11-5-2-6-12-22)20-27(28(30)23-13-7-3-8-14-23)29(31)24-15-9-4-10-16-24/h2-19,27H,20H2,1H3. The molecule has 0 bridgehead atoms. The monoisotopic (exact) mass is 404 g/mol. The van der Waals surface area contributed by atoms with Crippen LogP contribution in [0.3, 0.4) is 0 Å². The second-order valence-corrected chi connectivity index (χ2v) is 7.74. The molecule has 4 rings (SSSR count). The Hall–Kier alpha value is -3.78. The highest BCUT2D eigenvalue weighted by molar-refractivity contribution is 6.16. The second-order valence-electron chi connectivity index (χ2n) is 7.74. The van der Waals surface area contributed by atoms with Crippen LogP contribution < -0.4 is 0 Å². The molecule has 2 heteroatoms. The zero-order valence-corrected chi connectivity index (χ0v) is 17.5. The largest absolute Gasteiger partial charge is 0.293 e. The van der Waals surface area contributed by atoms with Gasteiger partial charge in [0.2, 0.25) is 0 Å². The highest BCUT2D eigenvalue weighted by Gasteiger charge is 2.29. The van der Waals surface area contributed by atoms with Crippen LogP contribution >= 0.6 is 0 Å². The zero-order valence-electron chi connectivity index (χ0n) is 17.5. The number of Topliss-reactive ketones (excluding diaryl/α,β-unsaturated/α-hetero) is 2. The Kier molecular flexibility index (Phi) is 6.18. The average molecular weight is 405 g/mol. The normalized spacial score (nSPS) is 10.8. The lowest BCUT2D eigenvalue weighted by atomic mass is 9.83. The Morgan fingerprint density at radius 2 is 1.13 bits per heavy atom. The molecular formula is C29H24O2. The number of hydrogen-bond acceptors (Lipinski definition) is 2. The Morgan fingerprint density at radius 1 is 0.645 bits per heavy atom. The average Bonchev–Trinajstić information content (AvgIpc) is 2.84. The summed E-state index contributed by atoms with van der Waals surface area (Å²) in [4.78, 5) is 26.9. The van der Waals surface area contributed by atoms with Gasteiger partial charge in [-0.15, -0.1) is 0 Å². The van der Waals surface area contributed by atoms with E-state index in [1.165, 1.54) is 0 Å². The van der Waals surface area contributed by atoms with E-state index in [1.807, 2.05) is 66.7 Å². The van der Waals surface area contributed by atoms with Crippen LogP contribution in [0.25, 0.3) is 11.1 Å². The first-order valence-electron chi connectivity index (χ1n) is 10.5. The van der Waals surface area contributed by atoms with Crippen LogP contribution in [0.15, 0.2) is 109 Å². The molecule has 0 N–H and O–H groups in total. The van der Waals surface area contributed by atoms with Crippen molar-refractivity contribution in [2.24, 2.45) is 5.92 Å². The second kappa shape index (κ2) is 9.36. The quantitative estimate of drug-likeness (QED) is 0.257. The van der Waals surface area contributed by atoms with Crippen LogP contribution in [-0.4, -0.2) is 11.6 Å². The van der Waals surface area contributed by atoms with Gasteiger partial charge < -0.3 is 0 Å². The molecule has 0 unspecified atom stereocenters. The summed E-state index contributed by atoms with van der Waals surface area (Å²) in [7, 11) is 0. The SMILES string of the molecule is Cc1ccc(CC(C(=O)c2ccccc2)C(=O)c2ccccc2)c(-c2ccccc2)c1. The van der Waals surface area contributed by atoms with Crippen LogP contribution in [0.2, 0.25) is 0 Å². The summed E-state index contributed by atoms with van der Waals surface area (Å²) in [5.41, 5.74) is 5.40. The van der Waals surface area contributed by atoms with Crippen molar-refractivity contribution in [3.8, 4) is 11.1 Å². The van der Waals surface area contributed by atoms with Crippen LogP contribution in [0.4, 0.5) is 0 Å². The molecule has 0 aliphatic heterocycles. The maximum Gasteiger partial charge on any atom is 0.174 e. The third kappa shape index (κ3) is 4.70. The molecule has 4 aromatic rings. The molecule has 0 aromatic heterocycles. The Morgan fingerprint density at radius 3 is 1.65 bits per heavy atom. The van der Waals surface area contributed by atoms with Gasteiger partial charge in [-0.2, -0.15) is 0 Å². The van der Waals surface area contributed by atoms with Crippen molar-refractivity contribution >= 4 is 11.6 Å². The van der Waals surface area contributed by atoms with E-state index in [9.17, 15) is 9.59 Å². The number of ketones is 2. The topological polar surface area (TPSA) is 34.1 Å². The van der Waals surface area contributed by atoms with Crippen molar-refractivity contribution in [3.63, 3.8) is 0 Å². The van der Waals surface area contributed by atoms with Crippen molar-refractivity contribution in [1.29, 1.82) is 0 Å². The van der Waals surface area contributed by atoms with Gasteiger partial charge in [0.1, 0.15) is 0 Å². The predicted octanol–water partition coefficient (Wildman–Crippen LogP) is 6.59. The summed E-state index contributed by atoms with van der Waals surface area (Å²) >= 11 is 0. The molecule has 0 atom stereocenters. The minimum absolute atomic E-state index is 0.144. The third-order valence-corrected chi connectivity index (χ3v) is 5.52. The lowest BCUT2D eigenvalue weighted by Gasteiger charge is -2.18. The molecule has 0 radical (unpaired) electrons. The van der Waals surface area contributed by atoms with Gasteiger partial charge in [0.05, 0.1) is 5.92 Å². The summed E-state index contributed by atoms with van der Waals surface area (Å²) in [6.45, 7) is 2.05. The van der Waals surface area contributed by atoms with E-state index in [4.69, 9.17) is 0 Å². The summed E-state index contributed by atoms with van der Waals surface area (Å²) < 4.78 is 0. The van der Waals surface area contributed by atoms with E-state index in [2.05, 4.69) is 25.1 Å². The maximum atomic E-state index is 13.5. The van der Waals surface area contributed by atoms with Gasteiger partial charge in [-0.1, -0.05) is 115 Å². The van der Waals surface area contributed by atoms with Crippen molar-refractivity contribution in [2.75, 3.05) is 0 Å². The molecule has 0 fully saturated rings. The maximum absolute atomic E-state index is 13.5. The zero-order chi connectivity index (χ0) is 21.6. The lowest BCUT2D eigenvalue weighted by molar-refractivity contribution is 0.0807. The molecule has 2 nitrogen and oxygen atoms in total. The van der Waals surface area contributed by atoms with E-state index < -0.39 is 5.92 Å². The van der Waals surface area contributed by atoms with E-state index in [1.54, 1.807) is 24.3 Å². The molecule has 0 saturated carbocycles. The minimum Gasteiger partial charge on any atom is -0.293 e. The fourth-order valence-electron chi connectivity index (χ4n) is 3.89. The molecule has 0 heterocycles. The van der Waals surface area contributed by atoms with Crippen LogP contribution in [0.5, 0.6) is 0 Å². The van der Waals surface area contributed by atoms with Gasteiger partial charge in [-0.3, -0.25) is 9.59 Å². The fourth-order valence-corrected chi connectivity index (χ4v) is 3.89. The molecule has 0 aliphatic rings. The van der Waals surface area contributed by atoms with Crippen molar-refractivity contribution in [1.82, 2.24) is 0 Å². The lowest BCUT2D eigenvalue weighted by Crippen LogP contribution is -2.27. The first-order chi connectivity index (χ1) is 15.1. The number of hydrogen-bond donors (Lipinski definition) is 0. The summed E-state index contributed by atoms with van der Waals surface area (Å²) in [6.07, 6.45) is 0.353. The number of rotatable bonds is 7. The third-order valence-electron chi connectivity index (χ3n) is 5.52. The predicted molar refractivity (Wildman–Crippen MR) is 125 cm³/mol. The number of benzene rings is 4. The highest BCUT2D eigenvalue weighted by atomic mass is 16.2. The number of aryl methyl sites for hydroxylation is 1. The molecule has 0 amide bonds. The van der Waals surface area contributed by atoms with E-state index >= 15 is 0 Å². The Balaban J connectivity index is 1.77. The van der Waals surface area contributed by atoms with Crippen molar-refractivity contribution in [3.05, 3.63) is 131 Å². The Bertz CT molecular complexity index is 1130. The van der Waals surface area contributed by atoms with E-state index in [-0.39, 0.29) is 11.6 Å². The molecule has 4 aromatic carbocycles. The molecule has 0 saturated heterocycles. The van der Waals surface area contributed by atoms with Gasteiger partial charge in [0.25, 0.3) is 0 Å². The fraction of sp³-hybridized carbons (Fsp3) is 0.103. The minimum atomic E-state index is -0.782. The van der Waals surface area contributed by atoms with Crippen LogP contribution in [0.1, 0.15) is 31.8 Å². The van der Waals surface area contributed by atoms with E-state index in [0.717, 1.165) is 22.3 Å². The summed E-state index contributed by atoms with van der Waals surface area (Å²) in [5, 5.41) is 0. The van der Waals surface area contributed by atoms with Crippen molar-refractivity contribution in [2.45, 2.75) is 13.3 Å². The van der Waals surface area contributed by atoms with Crippen molar-refractivity contribution < 1.29 is 9.59 Å². The first kappa shape index (κ1) is 20.5. The van der Waals surface area contributed by atoms with E-state index in [0.29, 0.717) is 17.5 Å². The van der Waals surface area contributed by atoms with Gasteiger partial charge in [0.15, 0.2) is 11.6 Å². The highest BCUT2D eigenvalue weighted by Crippen LogP contribution is 2.29. The first-order valence-corrected chi connectivity index (χ1v) is 10.5. The smallest absolute Gasteiger partial charge is 0.174 e. The van der Waals surface area contributed by atoms with Gasteiger partial charge in [-0.25, -0.2) is 0 Å². The molecular weight excluding hydrogens is 380 g/mol. The Labute approximate surface area is 183 Å². The van der Waals surface area contributed by atoms with Gasteiger partial charge >= 0.3 is 0 Å².